The van der Waals surface area contributed by atoms with Gasteiger partial charge in [0.05, 0.1) is 12.3 Å². The Bertz CT molecular complexity index is 693. The number of amides is 1. The third-order valence-electron chi connectivity index (χ3n) is 3.28. The summed E-state index contributed by atoms with van der Waals surface area (Å²) in [5.41, 5.74) is 1.87. The number of ether oxygens (including phenoxy) is 1. The highest BCUT2D eigenvalue weighted by atomic mass is 16.5. The van der Waals surface area contributed by atoms with E-state index in [1.165, 1.54) is 0 Å². The third-order valence-corrected chi connectivity index (χ3v) is 3.28. The van der Waals surface area contributed by atoms with E-state index in [4.69, 9.17) is 4.74 Å². The summed E-state index contributed by atoms with van der Waals surface area (Å²) >= 11 is 0. The van der Waals surface area contributed by atoms with Gasteiger partial charge in [-0.15, -0.1) is 13.2 Å². The van der Waals surface area contributed by atoms with Crippen LogP contribution in [0.5, 0.6) is 5.75 Å². The Kier molecular flexibility index (Phi) is 4.99. The lowest BCUT2D eigenvalue weighted by Crippen LogP contribution is -2.32. The second-order valence-corrected chi connectivity index (χ2v) is 4.83. The van der Waals surface area contributed by atoms with Crippen molar-refractivity contribution in [3.8, 4) is 5.75 Å². The van der Waals surface area contributed by atoms with Crippen molar-refractivity contribution in [3.63, 3.8) is 0 Å². The van der Waals surface area contributed by atoms with Crippen molar-refractivity contribution in [2.75, 3.05) is 19.7 Å². The zero-order valence-corrected chi connectivity index (χ0v) is 13.1. The maximum absolute atomic E-state index is 12.8. The molecule has 0 unspecified atom stereocenters. The molecule has 2 aromatic rings. The Labute approximate surface area is 130 Å². The number of carbonyl (C=O) groups excluding carboxylic acids is 1. The van der Waals surface area contributed by atoms with E-state index >= 15 is 0 Å². The van der Waals surface area contributed by atoms with Crippen LogP contribution in [0.4, 0.5) is 0 Å². The maximum atomic E-state index is 12.8. The zero-order chi connectivity index (χ0) is 16.1. The summed E-state index contributed by atoms with van der Waals surface area (Å²) < 4.78 is 7.36. The van der Waals surface area contributed by atoms with Crippen LogP contribution in [-0.2, 0) is 0 Å². The number of carbonyl (C=O) groups is 1. The van der Waals surface area contributed by atoms with E-state index in [1.54, 1.807) is 21.5 Å². The molecule has 0 radical (unpaired) electrons. The van der Waals surface area contributed by atoms with Gasteiger partial charge in [0.2, 0.25) is 0 Å². The van der Waals surface area contributed by atoms with Crippen molar-refractivity contribution in [1.82, 2.24) is 14.3 Å². The fourth-order valence-corrected chi connectivity index (χ4v) is 2.38. The van der Waals surface area contributed by atoms with Gasteiger partial charge in [0.15, 0.2) is 11.4 Å². The fraction of sp³-hybridized carbons (Fsp3) is 0.294. The average Bonchev–Trinajstić information content (AvgIpc) is 2.84. The predicted molar refractivity (Wildman–Crippen MR) is 87.4 cm³/mol. The Morgan fingerprint density at radius 3 is 2.68 bits per heavy atom. The van der Waals surface area contributed by atoms with Gasteiger partial charge in [-0.1, -0.05) is 12.2 Å². The molecule has 5 nitrogen and oxygen atoms in total. The highest BCUT2D eigenvalue weighted by Gasteiger charge is 2.22. The van der Waals surface area contributed by atoms with Gasteiger partial charge >= 0.3 is 0 Å². The molecule has 5 heteroatoms. The first-order valence-electron chi connectivity index (χ1n) is 7.25. The zero-order valence-electron chi connectivity index (χ0n) is 13.1. The summed E-state index contributed by atoms with van der Waals surface area (Å²) in [4.78, 5) is 19.0. The second-order valence-electron chi connectivity index (χ2n) is 4.83. The molecule has 0 fully saturated rings. The average molecular weight is 299 g/mol. The molecule has 0 bridgehead atoms. The van der Waals surface area contributed by atoms with Crippen molar-refractivity contribution < 1.29 is 9.53 Å². The Morgan fingerprint density at radius 2 is 2.09 bits per heavy atom. The highest BCUT2D eigenvalue weighted by Crippen LogP contribution is 2.23. The van der Waals surface area contributed by atoms with Gasteiger partial charge < -0.3 is 9.64 Å². The van der Waals surface area contributed by atoms with Crippen LogP contribution in [0.25, 0.3) is 5.65 Å². The van der Waals surface area contributed by atoms with E-state index in [2.05, 4.69) is 18.1 Å². The molecule has 0 aliphatic rings. The van der Waals surface area contributed by atoms with E-state index in [9.17, 15) is 4.79 Å². The number of imidazole rings is 1. The molecule has 0 N–H and O–H groups in total. The molecule has 1 amide bonds. The van der Waals surface area contributed by atoms with Crippen molar-refractivity contribution in [1.29, 1.82) is 0 Å². The maximum Gasteiger partial charge on any atom is 0.273 e. The largest absolute Gasteiger partial charge is 0.490 e. The van der Waals surface area contributed by atoms with Crippen LogP contribution in [0.15, 0.2) is 43.6 Å². The number of fused-ring (bicyclic) bond motifs is 1. The number of rotatable bonds is 7. The van der Waals surface area contributed by atoms with Crippen LogP contribution < -0.4 is 4.74 Å². The van der Waals surface area contributed by atoms with Crippen LogP contribution in [0.3, 0.4) is 0 Å². The summed E-state index contributed by atoms with van der Waals surface area (Å²) in [6, 6.07) is 3.70. The SMILES string of the molecule is C=CCN(CC=C)C(=O)c1c(C)nc2c(OCC)cccn12. The van der Waals surface area contributed by atoms with Gasteiger partial charge in [0.1, 0.15) is 5.69 Å². The summed E-state index contributed by atoms with van der Waals surface area (Å²) in [6.45, 7) is 12.6. The summed E-state index contributed by atoms with van der Waals surface area (Å²) in [5.74, 6) is 0.574. The van der Waals surface area contributed by atoms with Gasteiger partial charge in [0, 0.05) is 19.3 Å². The van der Waals surface area contributed by atoms with Crippen molar-refractivity contribution in [3.05, 3.63) is 55.0 Å². The summed E-state index contributed by atoms with van der Waals surface area (Å²) in [5, 5.41) is 0. The molecular formula is C17H21N3O2. The van der Waals surface area contributed by atoms with Gasteiger partial charge in [-0.05, 0) is 26.0 Å². The molecule has 0 spiro atoms. The normalized spacial score (nSPS) is 10.5. The van der Waals surface area contributed by atoms with Crippen molar-refractivity contribution >= 4 is 11.6 Å². The first-order valence-corrected chi connectivity index (χ1v) is 7.25. The van der Waals surface area contributed by atoms with Gasteiger partial charge in [-0.3, -0.25) is 9.20 Å². The van der Waals surface area contributed by atoms with E-state index < -0.39 is 0 Å². The molecule has 0 saturated heterocycles. The molecule has 2 aromatic heterocycles. The molecule has 116 valence electrons. The molecule has 22 heavy (non-hydrogen) atoms. The van der Waals surface area contributed by atoms with E-state index in [-0.39, 0.29) is 5.91 Å². The lowest BCUT2D eigenvalue weighted by molar-refractivity contribution is 0.0783. The molecule has 2 heterocycles. The van der Waals surface area contributed by atoms with Crippen LogP contribution in [-0.4, -0.2) is 39.9 Å². The minimum atomic E-state index is -0.0987. The molecule has 0 atom stereocenters. The minimum absolute atomic E-state index is 0.0987. The molecule has 0 aliphatic heterocycles. The first kappa shape index (κ1) is 15.8. The van der Waals surface area contributed by atoms with Gasteiger partial charge in [-0.2, -0.15) is 0 Å². The second kappa shape index (κ2) is 6.93. The predicted octanol–water partition coefficient (Wildman–Crippen LogP) is 2.86. The Balaban J connectivity index is 2.52. The van der Waals surface area contributed by atoms with Crippen LogP contribution in [0.1, 0.15) is 23.1 Å². The first-order chi connectivity index (χ1) is 10.6. The fourth-order valence-electron chi connectivity index (χ4n) is 2.38. The van der Waals surface area contributed by atoms with E-state index in [0.717, 1.165) is 0 Å². The molecule has 0 aromatic carbocycles. The molecule has 0 aliphatic carbocycles. The monoisotopic (exact) mass is 299 g/mol. The standard InChI is InChI=1S/C17H21N3O2/c1-5-10-19(11-6-2)17(21)15-13(4)18-16-14(22-7-3)9-8-12-20(15)16/h5-6,8-9,12H,1-2,7,10-11H2,3-4H3. The van der Waals surface area contributed by atoms with Crippen LogP contribution >= 0.6 is 0 Å². The molecule has 0 saturated carbocycles. The highest BCUT2D eigenvalue weighted by molar-refractivity contribution is 5.95. The topological polar surface area (TPSA) is 46.8 Å². The number of hydrogen-bond donors (Lipinski definition) is 0. The van der Waals surface area contributed by atoms with Crippen molar-refractivity contribution in [2.45, 2.75) is 13.8 Å². The quantitative estimate of drug-likeness (QED) is 0.739. The lowest BCUT2D eigenvalue weighted by Gasteiger charge is -2.19. The van der Waals surface area contributed by atoms with Crippen molar-refractivity contribution in [2.24, 2.45) is 0 Å². The number of pyridine rings is 1. The van der Waals surface area contributed by atoms with Crippen LogP contribution in [0.2, 0.25) is 0 Å². The summed E-state index contributed by atoms with van der Waals surface area (Å²) in [7, 11) is 0. The third kappa shape index (κ3) is 2.88. The Hall–Kier alpha value is -2.56. The Morgan fingerprint density at radius 1 is 1.41 bits per heavy atom. The smallest absolute Gasteiger partial charge is 0.273 e. The number of hydrogen-bond acceptors (Lipinski definition) is 3. The van der Waals surface area contributed by atoms with Gasteiger partial charge in [-0.25, -0.2) is 4.98 Å². The lowest BCUT2D eigenvalue weighted by atomic mass is 10.3. The van der Waals surface area contributed by atoms with Crippen LogP contribution in [0, 0.1) is 6.92 Å². The molecule has 2 rings (SSSR count). The number of nitrogens with zero attached hydrogens (tertiary/aromatic N) is 3. The number of aryl methyl sites for hydroxylation is 1. The summed E-state index contributed by atoms with van der Waals surface area (Å²) in [6.07, 6.45) is 5.22. The molecular weight excluding hydrogens is 278 g/mol. The minimum Gasteiger partial charge on any atom is -0.490 e. The van der Waals surface area contributed by atoms with Gasteiger partial charge in [0.25, 0.3) is 5.91 Å². The number of aromatic nitrogens is 2. The van der Waals surface area contributed by atoms with E-state index in [1.807, 2.05) is 32.2 Å². The van der Waals surface area contributed by atoms with E-state index in [0.29, 0.717) is 42.5 Å².